The van der Waals surface area contributed by atoms with Crippen LogP contribution in [0.2, 0.25) is 0 Å². The summed E-state index contributed by atoms with van der Waals surface area (Å²) >= 11 is 0. The molecule has 4 amide bonds. The summed E-state index contributed by atoms with van der Waals surface area (Å²) in [5.41, 5.74) is 1.36. The van der Waals surface area contributed by atoms with Gasteiger partial charge in [-0.25, -0.2) is 0 Å². The van der Waals surface area contributed by atoms with Crippen LogP contribution in [-0.4, -0.2) is 108 Å². The Hall–Kier alpha value is -3.76. The topological polar surface area (TPSA) is 127 Å². The molecule has 1 aromatic rings. The monoisotopic (exact) mass is 539 g/mol. The summed E-state index contributed by atoms with van der Waals surface area (Å²) in [6.07, 6.45) is 0.864. The average Bonchev–Trinajstić information content (AvgIpc) is 3.57. The van der Waals surface area contributed by atoms with Gasteiger partial charge < -0.3 is 24.9 Å². The van der Waals surface area contributed by atoms with E-state index in [1.165, 1.54) is 21.6 Å². The zero-order valence-electron chi connectivity index (χ0n) is 23.2. The molecule has 0 radical (unpaired) electrons. The van der Waals surface area contributed by atoms with E-state index in [1.54, 1.807) is 12.1 Å². The van der Waals surface area contributed by atoms with Crippen molar-refractivity contribution in [2.45, 2.75) is 64.2 Å². The third kappa shape index (κ3) is 5.53. The number of likely N-dealkylation sites (tertiary alicyclic amines) is 3. The first kappa shape index (κ1) is 28.3. The molecule has 3 saturated heterocycles. The number of hydrogen-bond acceptors (Lipinski definition) is 7. The van der Waals surface area contributed by atoms with Crippen LogP contribution in [-0.2, 0) is 24.0 Å². The second kappa shape index (κ2) is 11.2. The molecule has 4 atom stereocenters. The van der Waals surface area contributed by atoms with Crippen molar-refractivity contribution in [3.8, 4) is 0 Å². The number of nitrogens with one attached hydrogen (secondary N) is 1. The summed E-state index contributed by atoms with van der Waals surface area (Å²) in [7, 11) is 3.80. The average molecular weight is 540 g/mol. The molecule has 1 N–H and O–H groups in total. The third-order valence-corrected chi connectivity index (χ3v) is 7.80. The SMILES string of the molecule is CC(=O)N1CCC(=O)C1C(=O)N1CC(=O)C2C1CCN2C(=O)C(CC(C)C)NC(=O)c1ccc(N(C)C)cc1. The van der Waals surface area contributed by atoms with E-state index in [0.717, 1.165) is 5.69 Å². The first-order valence-corrected chi connectivity index (χ1v) is 13.4. The molecule has 3 aliphatic heterocycles. The number of anilines is 1. The Labute approximate surface area is 228 Å². The van der Waals surface area contributed by atoms with Gasteiger partial charge in [-0.05, 0) is 43.0 Å². The van der Waals surface area contributed by atoms with Gasteiger partial charge in [0.15, 0.2) is 17.6 Å². The van der Waals surface area contributed by atoms with E-state index in [2.05, 4.69) is 5.32 Å². The zero-order chi connectivity index (χ0) is 28.6. The molecule has 0 spiro atoms. The molecule has 11 heteroatoms. The Morgan fingerprint density at radius 1 is 0.974 bits per heavy atom. The van der Waals surface area contributed by atoms with E-state index < -0.39 is 30.1 Å². The Morgan fingerprint density at radius 3 is 2.23 bits per heavy atom. The molecule has 0 saturated carbocycles. The van der Waals surface area contributed by atoms with E-state index in [-0.39, 0.29) is 61.3 Å². The van der Waals surface area contributed by atoms with Gasteiger partial charge in [-0.1, -0.05) is 13.8 Å². The number of ketones is 2. The summed E-state index contributed by atoms with van der Waals surface area (Å²) in [6.45, 7) is 5.43. The molecular weight excluding hydrogens is 502 g/mol. The molecule has 0 aliphatic carbocycles. The first-order chi connectivity index (χ1) is 18.4. The summed E-state index contributed by atoms with van der Waals surface area (Å²) in [5.74, 6) is -2.20. The van der Waals surface area contributed by atoms with E-state index in [9.17, 15) is 28.8 Å². The lowest BCUT2D eigenvalue weighted by molar-refractivity contribution is -0.147. The van der Waals surface area contributed by atoms with Crippen molar-refractivity contribution >= 4 is 40.9 Å². The number of fused-ring (bicyclic) bond motifs is 1. The number of benzene rings is 1. The normalized spacial score (nSPS) is 23.3. The zero-order valence-corrected chi connectivity index (χ0v) is 23.2. The van der Waals surface area contributed by atoms with Crippen LogP contribution in [0.3, 0.4) is 0 Å². The van der Waals surface area contributed by atoms with Gasteiger partial charge in [-0.2, -0.15) is 0 Å². The lowest BCUT2D eigenvalue weighted by atomic mass is 10.0. The lowest BCUT2D eigenvalue weighted by Crippen LogP contribution is -2.54. The van der Waals surface area contributed by atoms with Gasteiger partial charge in [0.1, 0.15) is 12.1 Å². The summed E-state index contributed by atoms with van der Waals surface area (Å²) in [4.78, 5) is 83.8. The fraction of sp³-hybridized carbons (Fsp3) is 0.571. The number of amides is 4. The van der Waals surface area contributed by atoms with E-state index >= 15 is 0 Å². The highest BCUT2D eigenvalue weighted by atomic mass is 16.2. The highest BCUT2D eigenvalue weighted by molar-refractivity contribution is 6.11. The largest absolute Gasteiger partial charge is 0.378 e. The Balaban J connectivity index is 1.50. The molecule has 39 heavy (non-hydrogen) atoms. The molecule has 4 unspecified atom stereocenters. The fourth-order valence-corrected chi connectivity index (χ4v) is 5.84. The van der Waals surface area contributed by atoms with Crippen LogP contribution in [0.25, 0.3) is 0 Å². The lowest BCUT2D eigenvalue weighted by Gasteiger charge is -2.30. The summed E-state index contributed by atoms with van der Waals surface area (Å²) in [6, 6.07) is 3.59. The van der Waals surface area contributed by atoms with Gasteiger partial charge >= 0.3 is 0 Å². The molecule has 0 aromatic heterocycles. The van der Waals surface area contributed by atoms with Crippen molar-refractivity contribution in [2.24, 2.45) is 5.92 Å². The molecule has 11 nitrogen and oxygen atoms in total. The number of rotatable bonds is 7. The van der Waals surface area contributed by atoms with Gasteiger partial charge in [0.05, 0.1) is 12.6 Å². The van der Waals surface area contributed by atoms with Crippen LogP contribution < -0.4 is 10.2 Å². The minimum Gasteiger partial charge on any atom is -0.378 e. The standard InChI is InChI=1S/C28H37N5O6/c1-16(2)14-20(29-26(37)18-6-8-19(9-7-18)30(4)5)27(38)32-12-10-21-24(32)23(36)15-33(21)28(39)25-22(35)11-13-31(25)17(3)34/h6-9,16,20-21,24-25H,10-15H2,1-5H3,(H,29,37). The quantitative estimate of drug-likeness (QED) is 0.499. The second-order valence-corrected chi connectivity index (χ2v) is 11.2. The maximum absolute atomic E-state index is 13.7. The van der Waals surface area contributed by atoms with Crippen LogP contribution in [0.1, 0.15) is 50.4 Å². The van der Waals surface area contributed by atoms with Gasteiger partial charge in [-0.15, -0.1) is 0 Å². The minimum atomic E-state index is -1.22. The Kier molecular flexibility index (Phi) is 8.08. The first-order valence-electron chi connectivity index (χ1n) is 13.4. The number of Topliss-reactive ketones (excluding diaryl/α,β-unsaturated/α-hetero) is 2. The number of carbonyl (C=O) groups is 6. The highest BCUT2D eigenvalue weighted by Crippen LogP contribution is 2.32. The minimum absolute atomic E-state index is 0.0945. The predicted molar refractivity (Wildman–Crippen MR) is 143 cm³/mol. The van der Waals surface area contributed by atoms with Gasteiger partial charge in [0, 0.05) is 51.8 Å². The van der Waals surface area contributed by atoms with Crippen LogP contribution in [0, 0.1) is 5.92 Å². The van der Waals surface area contributed by atoms with Crippen LogP contribution >= 0.6 is 0 Å². The molecular formula is C28H37N5O6. The van der Waals surface area contributed by atoms with E-state index in [4.69, 9.17) is 0 Å². The van der Waals surface area contributed by atoms with E-state index in [0.29, 0.717) is 18.4 Å². The Bertz CT molecular complexity index is 1180. The molecule has 4 rings (SSSR count). The van der Waals surface area contributed by atoms with Crippen LogP contribution in [0.4, 0.5) is 5.69 Å². The van der Waals surface area contributed by atoms with Crippen molar-refractivity contribution in [1.82, 2.24) is 20.0 Å². The van der Waals surface area contributed by atoms with Gasteiger partial charge in [0.25, 0.3) is 11.8 Å². The summed E-state index contributed by atoms with van der Waals surface area (Å²) < 4.78 is 0. The number of hydrogen-bond donors (Lipinski definition) is 1. The molecule has 1 aromatic carbocycles. The molecule has 210 valence electrons. The van der Waals surface area contributed by atoms with Crippen LogP contribution in [0.5, 0.6) is 0 Å². The molecule has 3 heterocycles. The predicted octanol–water partition coefficient (Wildman–Crippen LogP) is 0.468. The van der Waals surface area contributed by atoms with Crippen molar-refractivity contribution in [1.29, 1.82) is 0 Å². The fourth-order valence-electron chi connectivity index (χ4n) is 5.84. The van der Waals surface area contributed by atoms with Gasteiger partial charge in [-0.3, -0.25) is 28.8 Å². The number of carbonyl (C=O) groups excluding carboxylic acids is 6. The van der Waals surface area contributed by atoms with E-state index in [1.807, 2.05) is 45.0 Å². The molecule has 0 bridgehead atoms. The number of nitrogens with zero attached hydrogens (tertiary/aromatic N) is 4. The van der Waals surface area contributed by atoms with Gasteiger partial charge in [0.2, 0.25) is 11.8 Å². The Morgan fingerprint density at radius 2 is 1.64 bits per heavy atom. The molecule has 3 fully saturated rings. The maximum Gasteiger partial charge on any atom is 0.253 e. The van der Waals surface area contributed by atoms with Crippen molar-refractivity contribution in [2.75, 3.05) is 38.6 Å². The van der Waals surface area contributed by atoms with Crippen molar-refractivity contribution in [3.05, 3.63) is 29.8 Å². The highest BCUT2D eigenvalue weighted by Gasteiger charge is 2.54. The van der Waals surface area contributed by atoms with Crippen LogP contribution in [0.15, 0.2) is 24.3 Å². The van der Waals surface area contributed by atoms with Crippen molar-refractivity contribution < 1.29 is 28.8 Å². The second-order valence-electron chi connectivity index (χ2n) is 11.2. The smallest absolute Gasteiger partial charge is 0.253 e. The maximum atomic E-state index is 13.7. The van der Waals surface area contributed by atoms with Crippen molar-refractivity contribution in [3.63, 3.8) is 0 Å². The summed E-state index contributed by atoms with van der Waals surface area (Å²) in [5, 5.41) is 2.86. The third-order valence-electron chi connectivity index (χ3n) is 7.80. The molecule has 3 aliphatic rings.